The van der Waals surface area contributed by atoms with Crippen LogP contribution in [0, 0.1) is 0 Å². The van der Waals surface area contributed by atoms with Crippen LogP contribution in [-0.4, -0.2) is 66.4 Å². The summed E-state index contributed by atoms with van der Waals surface area (Å²) in [6.45, 7) is 2.64. The smallest absolute Gasteiger partial charge is 0.321 e. The van der Waals surface area contributed by atoms with Gasteiger partial charge in [0.05, 0.1) is 12.7 Å². The summed E-state index contributed by atoms with van der Waals surface area (Å²) < 4.78 is 5.54. The predicted octanol–water partition coefficient (Wildman–Crippen LogP) is -0.538. The molecule has 0 saturated carbocycles. The zero-order valence-corrected chi connectivity index (χ0v) is 9.70. The number of likely N-dealkylation sites (N-methyl/N-ethyl adjacent to an activating group) is 1. The highest BCUT2D eigenvalue weighted by Gasteiger charge is 2.18. The Labute approximate surface area is 93.9 Å². The van der Waals surface area contributed by atoms with Crippen LogP contribution in [0.5, 0.6) is 0 Å². The number of rotatable bonds is 5. The highest BCUT2D eigenvalue weighted by molar-refractivity contribution is 7.99. The van der Waals surface area contributed by atoms with Gasteiger partial charge in [0, 0.05) is 24.6 Å². The molecule has 0 aliphatic carbocycles. The lowest BCUT2D eigenvalue weighted by Gasteiger charge is -2.29. The average Bonchev–Trinajstić information content (AvgIpc) is 2.17. The Bertz CT molecular complexity index is 216. The van der Waals surface area contributed by atoms with E-state index in [2.05, 4.69) is 11.9 Å². The molecule has 1 fully saturated rings. The Kier molecular flexibility index (Phi) is 5.38. The fraction of sp³-hybridized carbons (Fsp3) is 0.889. The molecule has 0 bridgehead atoms. The highest BCUT2D eigenvalue weighted by Crippen LogP contribution is 2.11. The van der Waals surface area contributed by atoms with Crippen LogP contribution in [0.1, 0.15) is 0 Å². The minimum atomic E-state index is -0.941. The number of carboxylic acids is 1. The minimum Gasteiger partial charge on any atom is -0.480 e. The zero-order valence-electron chi connectivity index (χ0n) is 8.89. The SMILES string of the molecule is CN1CCOC(CSC[C@@H](N)C(=O)O)C1. The molecular weight excluding hydrogens is 216 g/mol. The number of hydrogen-bond donors (Lipinski definition) is 2. The zero-order chi connectivity index (χ0) is 11.3. The molecule has 6 heteroatoms. The third kappa shape index (κ3) is 4.83. The van der Waals surface area contributed by atoms with Crippen LogP contribution in [0.25, 0.3) is 0 Å². The van der Waals surface area contributed by atoms with Gasteiger partial charge in [-0.2, -0.15) is 11.8 Å². The summed E-state index contributed by atoms with van der Waals surface area (Å²) >= 11 is 1.54. The average molecular weight is 234 g/mol. The molecule has 0 aromatic rings. The Morgan fingerprint density at radius 3 is 3.13 bits per heavy atom. The fourth-order valence-corrected chi connectivity index (χ4v) is 2.36. The monoisotopic (exact) mass is 234 g/mol. The van der Waals surface area contributed by atoms with Gasteiger partial charge in [-0.15, -0.1) is 0 Å². The van der Waals surface area contributed by atoms with E-state index in [1.54, 1.807) is 11.8 Å². The Morgan fingerprint density at radius 2 is 2.53 bits per heavy atom. The standard InChI is InChI=1S/C9H18N2O3S/c1-11-2-3-14-7(4-11)5-15-6-8(10)9(12)13/h7-8H,2-6,10H2,1H3,(H,12,13)/t7?,8-/m1/s1. The van der Waals surface area contributed by atoms with Gasteiger partial charge >= 0.3 is 5.97 Å². The maximum Gasteiger partial charge on any atom is 0.321 e. The minimum absolute atomic E-state index is 0.203. The lowest BCUT2D eigenvalue weighted by atomic mass is 10.3. The maximum atomic E-state index is 10.5. The second-order valence-corrected chi connectivity index (χ2v) is 4.81. The summed E-state index contributed by atoms with van der Waals surface area (Å²) in [4.78, 5) is 12.7. The summed E-state index contributed by atoms with van der Waals surface area (Å²) in [5.74, 6) is 0.314. The third-order valence-corrected chi connectivity index (χ3v) is 3.46. The largest absolute Gasteiger partial charge is 0.480 e. The van der Waals surface area contributed by atoms with Gasteiger partial charge < -0.3 is 20.5 Å². The molecule has 0 aromatic heterocycles. The summed E-state index contributed by atoms with van der Waals surface area (Å²) in [5, 5.41) is 8.58. The molecule has 15 heavy (non-hydrogen) atoms. The second kappa shape index (κ2) is 6.32. The van der Waals surface area contributed by atoms with Gasteiger partial charge in [-0.1, -0.05) is 0 Å². The van der Waals surface area contributed by atoms with Crippen molar-refractivity contribution in [1.82, 2.24) is 4.90 Å². The molecule has 0 radical (unpaired) electrons. The molecule has 0 aromatic carbocycles. The predicted molar refractivity (Wildman–Crippen MR) is 60.2 cm³/mol. The van der Waals surface area contributed by atoms with Crippen molar-refractivity contribution in [3.05, 3.63) is 0 Å². The number of carbonyl (C=O) groups is 1. The normalized spacial score (nSPS) is 25.1. The van der Waals surface area contributed by atoms with E-state index >= 15 is 0 Å². The molecule has 88 valence electrons. The number of ether oxygens (including phenoxy) is 1. The second-order valence-electron chi connectivity index (χ2n) is 3.74. The van der Waals surface area contributed by atoms with E-state index in [1.807, 2.05) is 0 Å². The van der Waals surface area contributed by atoms with E-state index in [-0.39, 0.29) is 6.10 Å². The van der Waals surface area contributed by atoms with Crippen LogP contribution in [0.15, 0.2) is 0 Å². The molecule has 1 aliphatic heterocycles. The van der Waals surface area contributed by atoms with Gasteiger partial charge in [0.2, 0.25) is 0 Å². The highest BCUT2D eigenvalue weighted by atomic mass is 32.2. The van der Waals surface area contributed by atoms with Gasteiger partial charge in [-0.05, 0) is 7.05 Å². The van der Waals surface area contributed by atoms with Crippen molar-refractivity contribution in [2.75, 3.05) is 38.2 Å². The molecule has 0 amide bonds. The molecule has 3 N–H and O–H groups in total. The number of morpholine rings is 1. The molecule has 2 atom stereocenters. The summed E-state index contributed by atoms with van der Waals surface area (Å²) in [7, 11) is 2.06. The summed E-state index contributed by atoms with van der Waals surface area (Å²) in [6, 6.07) is -0.767. The van der Waals surface area contributed by atoms with Crippen molar-refractivity contribution < 1.29 is 14.6 Å². The van der Waals surface area contributed by atoms with E-state index in [1.165, 1.54) is 0 Å². The molecule has 1 aliphatic rings. The maximum absolute atomic E-state index is 10.5. The number of thioether (sulfide) groups is 1. The number of aliphatic carboxylic acids is 1. The number of hydrogen-bond acceptors (Lipinski definition) is 5. The fourth-order valence-electron chi connectivity index (χ4n) is 1.37. The Balaban J connectivity index is 2.11. The van der Waals surface area contributed by atoms with Crippen molar-refractivity contribution in [3.63, 3.8) is 0 Å². The molecule has 1 saturated heterocycles. The van der Waals surface area contributed by atoms with E-state index < -0.39 is 12.0 Å². The van der Waals surface area contributed by atoms with Crippen molar-refractivity contribution in [3.8, 4) is 0 Å². The van der Waals surface area contributed by atoms with Crippen LogP contribution in [0.2, 0.25) is 0 Å². The van der Waals surface area contributed by atoms with Crippen molar-refractivity contribution in [2.45, 2.75) is 12.1 Å². The molecule has 1 rings (SSSR count). The van der Waals surface area contributed by atoms with Crippen molar-refractivity contribution in [1.29, 1.82) is 0 Å². The first-order valence-corrected chi connectivity index (χ1v) is 6.11. The van der Waals surface area contributed by atoms with Crippen LogP contribution in [-0.2, 0) is 9.53 Å². The lowest BCUT2D eigenvalue weighted by molar-refractivity contribution is -0.137. The molecular formula is C9H18N2O3S. The van der Waals surface area contributed by atoms with E-state index in [9.17, 15) is 4.79 Å². The van der Waals surface area contributed by atoms with Crippen molar-refractivity contribution >= 4 is 17.7 Å². The lowest BCUT2D eigenvalue weighted by Crippen LogP contribution is -2.41. The first kappa shape index (κ1) is 12.8. The van der Waals surface area contributed by atoms with Gasteiger partial charge in [0.1, 0.15) is 6.04 Å². The molecule has 0 spiro atoms. The number of carboxylic acid groups (broad SMARTS) is 1. The van der Waals surface area contributed by atoms with Crippen LogP contribution in [0.3, 0.4) is 0 Å². The first-order chi connectivity index (χ1) is 7.09. The quantitative estimate of drug-likeness (QED) is 0.665. The van der Waals surface area contributed by atoms with Gasteiger partial charge in [-0.3, -0.25) is 4.79 Å². The Morgan fingerprint density at radius 1 is 1.80 bits per heavy atom. The van der Waals surface area contributed by atoms with E-state index in [4.69, 9.17) is 15.6 Å². The van der Waals surface area contributed by atoms with Crippen LogP contribution in [0.4, 0.5) is 0 Å². The summed E-state index contributed by atoms with van der Waals surface area (Å²) in [6.07, 6.45) is 0.203. The van der Waals surface area contributed by atoms with Gasteiger partial charge in [-0.25, -0.2) is 0 Å². The number of nitrogens with zero attached hydrogens (tertiary/aromatic N) is 1. The first-order valence-electron chi connectivity index (χ1n) is 4.96. The van der Waals surface area contributed by atoms with Crippen LogP contribution >= 0.6 is 11.8 Å². The van der Waals surface area contributed by atoms with Gasteiger partial charge in [0.15, 0.2) is 0 Å². The Hall–Kier alpha value is -0.300. The van der Waals surface area contributed by atoms with Gasteiger partial charge in [0.25, 0.3) is 0 Å². The molecule has 1 unspecified atom stereocenters. The molecule has 1 heterocycles. The molecule has 5 nitrogen and oxygen atoms in total. The van der Waals surface area contributed by atoms with E-state index in [0.29, 0.717) is 5.75 Å². The summed E-state index contributed by atoms with van der Waals surface area (Å²) in [5.41, 5.74) is 5.39. The third-order valence-electron chi connectivity index (χ3n) is 2.26. The van der Waals surface area contributed by atoms with Crippen molar-refractivity contribution in [2.24, 2.45) is 5.73 Å². The topological polar surface area (TPSA) is 75.8 Å². The number of nitrogens with two attached hydrogens (primary N) is 1. The van der Waals surface area contributed by atoms with Crippen LogP contribution < -0.4 is 5.73 Å². The van der Waals surface area contributed by atoms with E-state index in [0.717, 1.165) is 25.4 Å².